The van der Waals surface area contributed by atoms with E-state index in [0.29, 0.717) is 6.61 Å². The van der Waals surface area contributed by atoms with E-state index in [1.165, 1.54) is 0 Å². The quantitative estimate of drug-likeness (QED) is 0.734. The van der Waals surface area contributed by atoms with Crippen molar-refractivity contribution in [3.05, 3.63) is 16.1 Å². The average molecular weight is 214 g/mol. The lowest BCUT2D eigenvalue weighted by molar-refractivity contribution is 0.121. The van der Waals surface area contributed by atoms with Gasteiger partial charge in [-0.25, -0.2) is 4.98 Å². The molecule has 3 nitrogen and oxygen atoms in total. The fourth-order valence-corrected chi connectivity index (χ4v) is 1.83. The minimum absolute atomic E-state index is 0.0723. The van der Waals surface area contributed by atoms with Crippen LogP contribution in [0.3, 0.4) is 0 Å². The third-order valence-electron chi connectivity index (χ3n) is 1.82. The third kappa shape index (κ3) is 4.17. The van der Waals surface area contributed by atoms with Crippen LogP contribution in [0.5, 0.6) is 0 Å². The van der Waals surface area contributed by atoms with Crippen LogP contribution in [0.2, 0.25) is 0 Å². The standard InChI is InChI=1S/C10H18N2OS/c1-3-4-13-6-9(11)5-10-7-14-8(2)12-10/h7,9H,3-6,11H2,1-2H3. The molecule has 1 unspecified atom stereocenters. The molecule has 0 spiro atoms. The Kier molecular flexibility index (Phi) is 5.07. The van der Waals surface area contributed by atoms with Crippen LogP contribution in [0.4, 0.5) is 0 Å². The first-order valence-electron chi connectivity index (χ1n) is 4.96. The van der Waals surface area contributed by atoms with Crippen LogP contribution in [0, 0.1) is 6.92 Å². The van der Waals surface area contributed by atoms with Gasteiger partial charge in [-0.05, 0) is 13.3 Å². The summed E-state index contributed by atoms with van der Waals surface area (Å²) < 4.78 is 5.37. The van der Waals surface area contributed by atoms with Gasteiger partial charge in [-0.2, -0.15) is 0 Å². The van der Waals surface area contributed by atoms with Crippen molar-refractivity contribution in [3.63, 3.8) is 0 Å². The van der Waals surface area contributed by atoms with Crippen molar-refractivity contribution in [1.82, 2.24) is 4.98 Å². The lowest BCUT2D eigenvalue weighted by Crippen LogP contribution is -2.28. The van der Waals surface area contributed by atoms with E-state index in [0.717, 1.165) is 30.2 Å². The first-order valence-corrected chi connectivity index (χ1v) is 5.84. The van der Waals surface area contributed by atoms with E-state index in [1.807, 2.05) is 6.92 Å². The minimum atomic E-state index is 0.0723. The Labute approximate surface area is 89.3 Å². The molecule has 1 aromatic rings. The third-order valence-corrected chi connectivity index (χ3v) is 2.64. The van der Waals surface area contributed by atoms with Gasteiger partial charge in [-0.3, -0.25) is 0 Å². The van der Waals surface area contributed by atoms with Gasteiger partial charge in [0.05, 0.1) is 17.3 Å². The zero-order valence-corrected chi connectivity index (χ0v) is 9.64. The van der Waals surface area contributed by atoms with Crippen molar-refractivity contribution < 1.29 is 4.74 Å². The van der Waals surface area contributed by atoms with Crippen LogP contribution in [0.25, 0.3) is 0 Å². The predicted molar refractivity (Wildman–Crippen MR) is 59.6 cm³/mol. The zero-order chi connectivity index (χ0) is 10.4. The largest absolute Gasteiger partial charge is 0.380 e. The maximum absolute atomic E-state index is 5.90. The Morgan fingerprint density at radius 1 is 1.64 bits per heavy atom. The molecule has 0 radical (unpaired) electrons. The number of nitrogens with two attached hydrogens (primary N) is 1. The van der Waals surface area contributed by atoms with E-state index >= 15 is 0 Å². The normalized spacial score (nSPS) is 13.1. The van der Waals surface area contributed by atoms with Gasteiger partial charge in [0.25, 0.3) is 0 Å². The molecule has 4 heteroatoms. The fourth-order valence-electron chi connectivity index (χ4n) is 1.21. The van der Waals surface area contributed by atoms with Crippen molar-refractivity contribution in [2.24, 2.45) is 5.73 Å². The van der Waals surface area contributed by atoms with E-state index in [1.54, 1.807) is 11.3 Å². The van der Waals surface area contributed by atoms with E-state index in [-0.39, 0.29) is 6.04 Å². The smallest absolute Gasteiger partial charge is 0.0897 e. The molecule has 2 N–H and O–H groups in total. The molecule has 0 fully saturated rings. The summed E-state index contributed by atoms with van der Waals surface area (Å²) in [5.41, 5.74) is 6.98. The SMILES string of the molecule is CCCOCC(N)Cc1csc(C)n1. The first kappa shape index (κ1) is 11.6. The van der Waals surface area contributed by atoms with Crippen molar-refractivity contribution >= 4 is 11.3 Å². The van der Waals surface area contributed by atoms with Crippen molar-refractivity contribution in [1.29, 1.82) is 0 Å². The predicted octanol–water partition coefficient (Wildman–Crippen LogP) is 1.75. The van der Waals surface area contributed by atoms with Crippen molar-refractivity contribution in [3.8, 4) is 0 Å². The molecule has 1 aromatic heterocycles. The Morgan fingerprint density at radius 3 is 3.00 bits per heavy atom. The maximum Gasteiger partial charge on any atom is 0.0897 e. The van der Waals surface area contributed by atoms with Gasteiger partial charge in [0, 0.05) is 24.4 Å². The Morgan fingerprint density at radius 2 is 2.43 bits per heavy atom. The molecule has 0 amide bonds. The van der Waals surface area contributed by atoms with E-state index in [4.69, 9.17) is 10.5 Å². The molecule has 1 rings (SSSR count). The summed E-state index contributed by atoms with van der Waals surface area (Å²) in [7, 11) is 0. The molecular weight excluding hydrogens is 196 g/mol. The highest BCUT2D eigenvalue weighted by molar-refractivity contribution is 7.09. The summed E-state index contributed by atoms with van der Waals surface area (Å²) >= 11 is 1.67. The van der Waals surface area contributed by atoms with E-state index in [2.05, 4.69) is 17.3 Å². The molecule has 80 valence electrons. The van der Waals surface area contributed by atoms with Gasteiger partial charge in [-0.1, -0.05) is 6.92 Å². The van der Waals surface area contributed by atoms with Crippen LogP contribution in [-0.4, -0.2) is 24.2 Å². The number of rotatable bonds is 6. The molecule has 0 aromatic carbocycles. The first-order chi connectivity index (χ1) is 6.72. The molecular formula is C10H18N2OS. The van der Waals surface area contributed by atoms with Gasteiger partial charge >= 0.3 is 0 Å². The van der Waals surface area contributed by atoms with Crippen LogP contribution in [0.1, 0.15) is 24.0 Å². The number of ether oxygens (including phenoxy) is 1. The second-order valence-electron chi connectivity index (χ2n) is 3.40. The monoisotopic (exact) mass is 214 g/mol. The lowest BCUT2D eigenvalue weighted by Gasteiger charge is -2.09. The van der Waals surface area contributed by atoms with Crippen LogP contribution in [0.15, 0.2) is 5.38 Å². The highest BCUT2D eigenvalue weighted by Gasteiger charge is 2.06. The topological polar surface area (TPSA) is 48.1 Å². The van der Waals surface area contributed by atoms with Crippen LogP contribution >= 0.6 is 11.3 Å². The molecule has 0 saturated carbocycles. The van der Waals surface area contributed by atoms with Gasteiger partial charge in [-0.15, -0.1) is 11.3 Å². The molecule has 14 heavy (non-hydrogen) atoms. The Bertz CT molecular complexity index is 262. The number of hydrogen-bond acceptors (Lipinski definition) is 4. The molecule has 0 aliphatic carbocycles. The summed E-state index contributed by atoms with van der Waals surface area (Å²) in [5.74, 6) is 0. The fraction of sp³-hybridized carbons (Fsp3) is 0.700. The Hall–Kier alpha value is -0.450. The number of hydrogen-bond donors (Lipinski definition) is 1. The van der Waals surface area contributed by atoms with E-state index in [9.17, 15) is 0 Å². The second kappa shape index (κ2) is 6.11. The summed E-state index contributed by atoms with van der Waals surface area (Å²) in [6.07, 6.45) is 1.86. The molecule has 0 aliphatic rings. The number of nitrogens with zero attached hydrogens (tertiary/aromatic N) is 1. The van der Waals surface area contributed by atoms with Crippen molar-refractivity contribution in [2.75, 3.05) is 13.2 Å². The maximum atomic E-state index is 5.90. The lowest BCUT2D eigenvalue weighted by atomic mass is 10.2. The molecule has 0 aliphatic heterocycles. The zero-order valence-electron chi connectivity index (χ0n) is 8.82. The highest BCUT2D eigenvalue weighted by atomic mass is 32.1. The van der Waals surface area contributed by atoms with Crippen LogP contribution in [-0.2, 0) is 11.2 Å². The van der Waals surface area contributed by atoms with Gasteiger partial charge in [0.2, 0.25) is 0 Å². The minimum Gasteiger partial charge on any atom is -0.380 e. The average Bonchev–Trinajstić information content (AvgIpc) is 2.52. The summed E-state index contributed by atoms with van der Waals surface area (Å²) in [6.45, 7) is 5.52. The molecule has 0 bridgehead atoms. The van der Waals surface area contributed by atoms with Gasteiger partial charge in [0.15, 0.2) is 0 Å². The molecule has 1 atom stereocenters. The molecule has 1 heterocycles. The number of aromatic nitrogens is 1. The van der Waals surface area contributed by atoms with Gasteiger partial charge < -0.3 is 10.5 Å². The van der Waals surface area contributed by atoms with E-state index < -0.39 is 0 Å². The van der Waals surface area contributed by atoms with Crippen molar-refractivity contribution in [2.45, 2.75) is 32.7 Å². The second-order valence-corrected chi connectivity index (χ2v) is 4.46. The van der Waals surface area contributed by atoms with Gasteiger partial charge in [0.1, 0.15) is 0 Å². The Balaban J connectivity index is 2.23. The summed E-state index contributed by atoms with van der Waals surface area (Å²) in [4.78, 5) is 4.36. The summed E-state index contributed by atoms with van der Waals surface area (Å²) in [5, 5.41) is 3.16. The summed E-state index contributed by atoms with van der Waals surface area (Å²) in [6, 6.07) is 0.0723. The highest BCUT2D eigenvalue weighted by Crippen LogP contribution is 2.09. The molecule has 0 saturated heterocycles. The number of aryl methyl sites for hydroxylation is 1. The van der Waals surface area contributed by atoms with Crippen LogP contribution < -0.4 is 5.73 Å². The number of thiazole rings is 1.